The second kappa shape index (κ2) is 3.37. The third kappa shape index (κ3) is 1.56. The fraction of sp³-hybridized carbons (Fsp3) is 0.500. The average Bonchev–Trinajstić information content (AvgIpc) is 2.98. The van der Waals surface area contributed by atoms with Crippen molar-refractivity contribution in [2.24, 2.45) is 0 Å². The Bertz CT molecular complexity index is 327. The first-order valence-corrected chi connectivity index (χ1v) is 5.02. The van der Waals surface area contributed by atoms with Crippen LogP contribution in [0.25, 0.3) is 0 Å². The summed E-state index contributed by atoms with van der Waals surface area (Å²) < 4.78 is 5.49. The van der Waals surface area contributed by atoms with E-state index in [-0.39, 0.29) is 5.60 Å². The van der Waals surface area contributed by atoms with E-state index in [9.17, 15) is 5.11 Å². The first kappa shape index (κ1) is 9.69. The van der Waals surface area contributed by atoms with Crippen molar-refractivity contribution >= 4 is 0 Å². The van der Waals surface area contributed by atoms with Crippen molar-refractivity contribution in [3.05, 3.63) is 35.4 Å². The molecule has 1 saturated carbocycles. The number of hydrogen-bond donors (Lipinski definition) is 1. The van der Waals surface area contributed by atoms with Crippen LogP contribution in [0, 0.1) is 0 Å². The van der Waals surface area contributed by atoms with E-state index in [2.05, 4.69) is 6.07 Å². The van der Waals surface area contributed by atoms with Gasteiger partial charge in [0.15, 0.2) is 0 Å². The summed E-state index contributed by atoms with van der Waals surface area (Å²) in [6.07, 6.45) is 1.78. The van der Waals surface area contributed by atoms with E-state index in [4.69, 9.17) is 4.74 Å². The Kier molecular flexibility index (Phi) is 2.33. The van der Waals surface area contributed by atoms with Crippen LogP contribution < -0.4 is 0 Å². The second-order valence-electron chi connectivity index (χ2n) is 4.00. The van der Waals surface area contributed by atoms with Gasteiger partial charge in [0.25, 0.3) is 0 Å². The molecule has 1 atom stereocenters. The van der Waals surface area contributed by atoms with Crippen molar-refractivity contribution in [3.63, 3.8) is 0 Å². The van der Waals surface area contributed by atoms with Crippen molar-refractivity contribution in [2.75, 3.05) is 7.11 Å². The molecular formula is C12H16O2. The lowest BCUT2D eigenvalue weighted by Crippen LogP contribution is -2.09. The highest BCUT2D eigenvalue weighted by Crippen LogP contribution is 2.48. The molecule has 1 fully saturated rings. The summed E-state index contributed by atoms with van der Waals surface area (Å²) in [6, 6.07) is 8.04. The topological polar surface area (TPSA) is 29.5 Å². The molecule has 2 rings (SSSR count). The van der Waals surface area contributed by atoms with E-state index in [0.29, 0.717) is 0 Å². The van der Waals surface area contributed by atoms with Crippen LogP contribution in [-0.4, -0.2) is 12.2 Å². The van der Waals surface area contributed by atoms with Gasteiger partial charge in [0, 0.05) is 7.11 Å². The van der Waals surface area contributed by atoms with Crippen LogP contribution in [-0.2, 0) is 10.3 Å². The summed E-state index contributed by atoms with van der Waals surface area (Å²) in [4.78, 5) is 0. The Balaban J connectivity index is 2.31. The standard InChI is InChI=1S/C12H16O2/c1-9(13)10-4-3-5-11(8-10)12(14-2)6-7-12/h3-5,8-9,13H,6-7H2,1-2H3. The number of benzene rings is 1. The van der Waals surface area contributed by atoms with Gasteiger partial charge in [-0.15, -0.1) is 0 Å². The lowest BCUT2D eigenvalue weighted by molar-refractivity contribution is 0.0786. The fourth-order valence-electron chi connectivity index (χ4n) is 1.81. The molecular weight excluding hydrogens is 176 g/mol. The summed E-state index contributed by atoms with van der Waals surface area (Å²) in [7, 11) is 1.75. The van der Waals surface area contributed by atoms with Crippen molar-refractivity contribution in [1.82, 2.24) is 0 Å². The molecule has 0 bridgehead atoms. The van der Waals surface area contributed by atoms with Gasteiger partial charge < -0.3 is 9.84 Å². The highest BCUT2D eigenvalue weighted by atomic mass is 16.5. The predicted octanol–water partition coefficient (Wildman–Crippen LogP) is 2.38. The van der Waals surface area contributed by atoms with Crippen LogP contribution in [0.15, 0.2) is 24.3 Å². The zero-order valence-electron chi connectivity index (χ0n) is 8.66. The van der Waals surface area contributed by atoms with Crippen molar-refractivity contribution in [3.8, 4) is 0 Å². The molecule has 0 aliphatic heterocycles. The van der Waals surface area contributed by atoms with Crippen molar-refractivity contribution in [2.45, 2.75) is 31.5 Å². The van der Waals surface area contributed by atoms with Crippen LogP contribution in [0.2, 0.25) is 0 Å². The molecule has 0 radical (unpaired) electrons. The molecule has 1 unspecified atom stereocenters. The molecule has 2 nitrogen and oxygen atoms in total. The summed E-state index contributed by atoms with van der Waals surface area (Å²) in [5.41, 5.74) is 2.11. The largest absolute Gasteiger partial charge is 0.389 e. The second-order valence-corrected chi connectivity index (χ2v) is 4.00. The predicted molar refractivity (Wildman–Crippen MR) is 55.0 cm³/mol. The molecule has 0 saturated heterocycles. The molecule has 1 N–H and O–H groups in total. The molecule has 0 heterocycles. The Morgan fingerprint density at radius 2 is 2.14 bits per heavy atom. The van der Waals surface area contributed by atoms with Crippen LogP contribution in [0.1, 0.15) is 37.0 Å². The zero-order valence-corrected chi connectivity index (χ0v) is 8.66. The van der Waals surface area contributed by atoms with E-state index in [1.807, 2.05) is 18.2 Å². The minimum absolute atomic E-state index is 0.0507. The smallest absolute Gasteiger partial charge is 0.0930 e. The van der Waals surface area contributed by atoms with E-state index < -0.39 is 6.10 Å². The molecule has 2 heteroatoms. The number of aliphatic hydroxyl groups is 1. The van der Waals surface area contributed by atoms with Gasteiger partial charge in [0.1, 0.15) is 0 Å². The molecule has 1 aromatic rings. The van der Waals surface area contributed by atoms with E-state index in [1.54, 1.807) is 14.0 Å². The highest BCUT2D eigenvalue weighted by Gasteiger charge is 2.44. The summed E-state index contributed by atoms with van der Waals surface area (Å²) >= 11 is 0. The third-order valence-electron chi connectivity index (χ3n) is 2.99. The Morgan fingerprint density at radius 3 is 2.64 bits per heavy atom. The van der Waals surface area contributed by atoms with Gasteiger partial charge in [-0.2, -0.15) is 0 Å². The number of aliphatic hydroxyl groups excluding tert-OH is 1. The third-order valence-corrected chi connectivity index (χ3v) is 2.99. The molecule has 1 aliphatic carbocycles. The van der Waals surface area contributed by atoms with E-state index in [1.165, 1.54) is 5.56 Å². The Morgan fingerprint density at radius 1 is 1.43 bits per heavy atom. The molecule has 14 heavy (non-hydrogen) atoms. The average molecular weight is 192 g/mol. The summed E-state index contributed by atoms with van der Waals surface area (Å²) in [5, 5.41) is 9.47. The van der Waals surface area contributed by atoms with E-state index in [0.717, 1.165) is 18.4 Å². The van der Waals surface area contributed by atoms with Gasteiger partial charge in [-0.05, 0) is 30.9 Å². The lowest BCUT2D eigenvalue weighted by Gasteiger charge is -2.15. The van der Waals surface area contributed by atoms with Gasteiger partial charge in [-0.1, -0.05) is 24.3 Å². The first-order chi connectivity index (χ1) is 6.68. The van der Waals surface area contributed by atoms with Crippen molar-refractivity contribution in [1.29, 1.82) is 0 Å². The normalized spacial score (nSPS) is 20.5. The monoisotopic (exact) mass is 192 g/mol. The maximum absolute atomic E-state index is 9.47. The molecule has 0 amide bonds. The Labute approximate surface area is 84.5 Å². The first-order valence-electron chi connectivity index (χ1n) is 5.02. The van der Waals surface area contributed by atoms with Crippen LogP contribution in [0.4, 0.5) is 0 Å². The summed E-state index contributed by atoms with van der Waals surface area (Å²) in [6.45, 7) is 1.78. The number of methoxy groups -OCH3 is 1. The quantitative estimate of drug-likeness (QED) is 0.796. The van der Waals surface area contributed by atoms with Crippen LogP contribution in [0.3, 0.4) is 0 Å². The van der Waals surface area contributed by atoms with E-state index >= 15 is 0 Å². The van der Waals surface area contributed by atoms with Gasteiger partial charge in [0.2, 0.25) is 0 Å². The lowest BCUT2D eigenvalue weighted by atomic mass is 10.0. The molecule has 76 valence electrons. The van der Waals surface area contributed by atoms with Crippen LogP contribution in [0.5, 0.6) is 0 Å². The molecule has 0 aromatic heterocycles. The van der Waals surface area contributed by atoms with Gasteiger partial charge in [-0.3, -0.25) is 0 Å². The van der Waals surface area contributed by atoms with Gasteiger partial charge in [0.05, 0.1) is 11.7 Å². The van der Waals surface area contributed by atoms with Crippen molar-refractivity contribution < 1.29 is 9.84 Å². The number of rotatable bonds is 3. The molecule has 1 aromatic carbocycles. The summed E-state index contributed by atoms with van der Waals surface area (Å²) in [5.74, 6) is 0. The molecule has 0 spiro atoms. The van der Waals surface area contributed by atoms with Crippen LogP contribution >= 0.6 is 0 Å². The number of ether oxygens (including phenoxy) is 1. The SMILES string of the molecule is COC1(c2cccc(C(C)O)c2)CC1. The Hall–Kier alpha value is -0.860. The maximum atomic E-state index is 9.47. The van der Waals surface area contributed by atoms with Gasteiger partial charge >= 0.3 is 0 Å². The fourth-order valence-corrected chi connectivity index (χ4v) is 1.81. The van der Waals surface area contributed by atoms with Gasteiger partial charge in [-0.25, -0.2) is 0 Å². The zero-order chi connectivity index (χ0) is 10.2. The minimum atomic E-state index is -0.400. The maximum Gasteiger partial charge on any atom is 0.0930 e. The number of hydrogen-bond acceptors (Lipinski definition) is 2. The minimum Gasteiger partial charge on any atom is -0.389 e. The molecule has 1 aliphatic rings. The highest BCUT2D eigenvalue weighted by molar-refractivity contribution is 5.32.